The van der Waals surface area contributed by atoms with Gasteiger partial charge in [0.25, 0.3) is 5.91 Å². The number of anilines is 1. The van der Waals surface area contributed by atoms with Crippen LogP contribution in [0.5, 0.6) is 0 Å². The van der Waals surface area contributed by atoms with Crippen LogP contribution in [-0.2, 0) is 16.1 Å². The fraction of sp³-hybridized carbons (Fsp3) is 0.455. The standard InChI is InChI=1S/C22H26ClN7O3S2/c23-19-2-1-15(35-19)10-25-20-9-16(27-30(20)22(32)18-13-34-14-26-18)17-11-29(4-3-24-17)21(31)12-28-5-7-33-8-6-28/h1-2,9,13-14,17,24-25H,3-8,10-12H2. The fourth-order valence-electron chi connectivity index (χ4n) is 4.13. The molecular formula is C22H26ClN7O3S2. The second-order valence-electron chi connectivity index (χ2n) is 8.34. The molecule has 0 radical (unpaired) electrons. The SMILES string of the molecule is O=C(CN1CCOCC1)N1CCNC(c2cc(NCc3ccc(Cl)s3)n(C(=O)c3cscn3)n2)C1. The molecule has 0 spiro atoms. The van der Waals surface area contributed by atoms with Crippen LogP contribution in [0.15, 0.2) is 29.1 Å². The highest BCUT2D eigenvalue weighted by Gasteiger charge is 2.29. The summed E-state index contributed by atoms with van der Waals surface area (Å²) >= 11 is 8.90. The highest BCUT2D eigenvalue weighted by Crippen LogP contribution is 2.25. The molecule has 1 unspecified atom stereocenters. The average molecular weight is 536 g/mol. The van der Waals surface area contributed by atoms with Gasteiger partial charge in [-0.05, 0) is 12.1 Å². The predicted molar refractivity (Wildman–Crippen MR) is 135 cm³/mol. The molecule has 2 N–H and O–H groups in total. The van der Waals surface area contributed by atoms with Gasteiger partial charge in [-0.15, -0.1) is 22.7 Å². The molecule has 5 heterocycles. The molecule has 3 aromatic heterocycles. The zero-order valence-electron chi connectivity index (χ0n) is 19.0. The Morgan fingerprint density at radius 1 is 1.26 bits per heavy atom. The minimum absolute atomic E-state index is 0.101. The van der Waals surface area contributed by atoms with Crippen molar-refractivity contribution in [3.63, 3.8) is 0 Å². The zero-order chi connectivity index (χ0) is 24.2. The highest BCUT2D eigenvalue weighted by atomic mass is 35.5. The third-order valence-corrected chi connectivity index (χ3v) is 7.81. The fourth-order valence-corrected chi connectivity index (χ4v) is 5.68. The van der Waals surface area contributed by atoms with Gasteiger partial charge >= 0.3 is 0 Å². The molecule has 1 atom stereocenters. The average Bonchev–Trinajstić information content (AvgIpc) is 3.64. The van der Waals surface area contributed by atoms with Crippen molar-refractivity contribution >= 4 is 51.9 Å². The smallest absolute Gasteiger partial charge is 0.299 e. The van der Waals surface area contributed by atoms with Crippen molar-refractivity contribution in [2.75, 3.05) is 57.8 Å². The molecule has 1 amide bonds. The summed E-state index contributed by atoms with van der Waals surface area (Å²) in [5.74, 6) is 0.366. The lowest BCUT2D eigenvalue weighted by Gasteiger charge is -2.35. The molecule has 13 heteroatoms. The van der Waals surface area contributed by atoms with Crippen LogP contribution in [0, 0.1) is 0 Å². The summed E-state index contributed by atoms with van der Waals surface area (Å²) in [4.78, 5) is 35.3. The number of aromatic nitrogens is 3. The van der Waals surface area contributed by atoms with Gasteiger partial charge < -0.3 is 20.3 Å². The van der Waals surface area contributed by atoms with E-state index >= 15 is 0 Å². The lowest BCUT2D eigenvalue weighted by molar-refractivity contribution is -0.134. The van der Waals surface area contributed by atoms with Crippen molar-refractivity contribution in [2.45, 2.75) is 12.6 Å². The lowest BCUT2D eigenvalue weighted by atomic mass is 10.1. The van der Waals surface area contributed by atoms with E-state index in [2.05, 4.69) is 25.6 Å². The summed E-state index contributed by atoms with van der Waals surface area (Å²) in [6, 6.07) is 5.48. The number of nitrogens with zero attached hydrogens (tertiary/aromatic N) is 5. The molecule has 3 aromatic rings. The predicted octanol–water partition coefficient (Wildman–Crippen LogP) is 2.16. The van der Waals surface area contributed by atoms with Crippen molar-refractivity contribution in [1.29, 1.82) is 0 Å². The maximum Gasteiger partial charge on any atom is 0.299 e. The van der Waals surface area contributed by atoms with Crippen molar-refractivity contribution < 1.29 is 14.3 Å². The number of nitrogens with one attached hydrogen (secondary N) is 2. The van der Waals surface area contributed by atoms with Gasteiger partial charge in [-0.3, -0.25) is 14.5 Å². The Balaban J connectivity index is 1.32. The van der Waals surface area contributed by atoms with Crippen LogP contribution < -0.4 is 10.6 Å². The quantitative estimate of drug-likeness (QED) is 0.474. The Hall–Kier alpha value is -2.35. The summed E-state index contributed by atoms with van der Waals surface area (Å²) in [6.07, 6.45) is 0. The van der Waals surface area contributed by atoms with Gasteiger partial charge in [0.05, 0.1) is 47.9 Å². The number of morpholine rings is 1. The highest BCUT2D eigenvalue weighted by molar-refractivity contribution is 7.16. The van der Waals surface area contributed by atoms with Crippen LogP contribution in [0.25, 0.3) is 0 Å². The van der Waals surface area contributed by atoms with E-state index in [1.165, 1.54) is 27.4 Å². The van der Waals surface area contributed by atoms with E-state index in [1.54, 1.807) is 10.9 Å². The number of ether oxygens (including phenoxy) is 1. The number of amides is 1. The Bertz CT molecular complexity index is 1160. The largest absolute Gasteiger partial charge is 0.379 e. The first-order chi connectivity index (χ1) is 17.1. The summed E-state index contributed by atoms with van der Waals surface area (Å²) in [7, 11) is 0. The number of thiazole rings is 1. The van der Waals surface area contributed by atoms with Gasteiger partial charge in [-0.2, -0.15) is 9.78 Å². The van der Waals surface area contributed by atoms with E-state index in [-0.39, 0.29) is 17.9 Å². The number of hydrogen-bond acceptors (Lipinski definition) is 10. The molecule has 186 valence electrons. The molecule has 35 heavy (non-hydrogen) atoms. The maximum absolute atomic E-state index is 13.1. The van der Waals surface area contributed by atoms with Crippen LogP contribution >= 0.6 is 34.3 Å². The summed E-state index contributed by atoms with van der Waals surface area (Å²) < 4.78 is 7.45. The van der Waals surface area contributed by atoms with E-state index in [4.69, 9.17) is 16.3 Å². The van der Waals surface area contributed by atoms with Crippen molar-refractivity contribution in [3.05, 3.63) is 49.7 Å². The first-order valence-electron chi connectivity index (χ1n) is 11.4. The Morgan fingerprint density at radius 3 is 2.86 bits per heavy atom. The van der Waals surface area contributed by atoms with Gasteiger partial charge in [0.2, 0.25) is 5.91 Å². The molecule has 2 aliphatic rings. The zero-order valence-corrected chi connectivity index (χ0v) is 21.4. The number of carbonyl (C=O) groups excluding carboxylic acids is 2. The van der Waals surface area contributed by atoms with Crippen LogP contribution in [0.4, 0.5) is 5.82 Å². The second kappa shape index (κ2) is 11.1. The Kier molecular flexibility index (Phi) is 7.75. The number of carbonyl (C=O) groups is 2. The lowest BCUT2D eigenvalue weighted by Crippen LogP contribution is -2.52. The molecule has 2 aliphatic heterocycles. The first-order valence-corrected chi connectivity index (χ1v) is 13.5. The maximum atomic E-state index is 13.1. The minimum Gasteiger partial charge on any atom is -0.379 e. The molecule has 0 saturated carbocycles. The molecule has 0 aromatic carbocycles. The molecule has 5 rings (SSSR count). The number of rotatable bonds is 7. The normalized spacial score (nSPS) is 19.1. The van der Waals surface area contributed by atoms with Crippen LogP contribution in [0.3, 0.4) is 0 Å². The number of thiophene rings is 1. The third kappa shape index (κ3) is 5.90. The van der Waals surface area contributed by atoms with Crippen LogP contribution in [-0.4, -0.2) is 88.9 Å². The Labute approximate surface area is 215 Å². The Morgan fingerprint density at radius 2 is 2.11 bits per heavy atom. The van der Waals surface area contributed by atoms with Crippen molar-refractivity contribution in [2.24, 2.45) is 0 Å². The molecule has 0 bridgehead atoms. The number of piperazine rings is 1. The van der Waals surface area contributed by atoms with E-state index in [1.807, 2.05) is 23.1 Å². The molecule has 2 saturated heterocycles. The second-order valence-corrected chi connectivity index (χ2v) is 10.9. The number of hydrogen-bond donors (Lipinski definition) is 2. The van der Waals surface area contributed by atoms with Gasteiger partial charge in [0, 0.05) is 49.0 Å². The third-order valence-electron chi connectivity index (χ3n) is 5.99. The summed E-state index contributed by atoms with van der Waals surface area (Å²) in [6.45, 7) is 5.56. The number of halogens is 1. The van der Waals surface area contributed by atoms with Crippen LogP contribution in [0.1, 0.15) is 27.1 Å². The topological polar surface area (TPSA) is 105 Å². The first kappa shape index (κ1) is 24.3. The molecule has 10 nitrogen and oxygen atoms in total. The summed E-state index contributed by atoms with van der Waals surface area (Å²) in [5, 5.41) is 13.1. The monoisotopic (exact) mass is 535 g/mol. The van der Waals surface area contributed by atoms with Crippen LogP contribution in [0.2, 0.25) is 4.34 Å². The van der Waals surface area contributed by atoms with Crippen molar-refractivity contribution in [3.8, 4) is 0 Å². The molecule has 2 fully saturated rings. The van der Waals surface area contributed by atoms with Gasteiger partial charge in [0.1, 0.15) is 11.5 Å². The van der Waals surface area contributed by atoms with E-state index in [0.717, 1.165) is 18.0 Å². The summed E-state index contributed by atoms with van der Waals surface area (Å²) in [5.41, 5.74) is 2.66. The van der Waals surface area contributed by atoms with Gasteiger partial charge in [-0.25, -0.2) is 4.98 Å². The molecular weight excluding hydrogens is 510 g/mol. The van der Waals surface area contributed by atoms with Gasteiger partial charge in [0.15, 0.2) is 0 Å². The van der Waals surface area contributed by atoms with Gasteiger partial charge in [-0.1, -0.05) is 11.6 Å². The van der Waals surface area contributed by atoms with E-state index < -0.39 is 0 Å². The van der Waals surface area contributed by atoms with E-state index in [9.17, 15) is 9.59 Å². The molecule has 0 aliphatic carbocycles. The van der Waals surface area contributed by atoms with Crippen molar-refractivity contribution in [1.82, 2.24) is 29.9 Å². The van der Waals surface area contributed by atoms with E-state index in [0.29, 0.717) is 67.5 Å². The minimum atomic E-state index is -0.305.